The molecular formula is C15H19N5OS. The lowest BCUT2D eigenvalue weighted by Crippen LogP contribution is -2.20. The normalized spacial score (nSPS) is 21.5. The Morgan fingerprint density at radius 3 is 2.77 bits per heavy atom. The summed E-state index contributed by atoms with van der Waals surface area (Å²) in [6, 6.07) is 9.83. The monoisotopic (exact) mass is 317 g/mol. The number of thioether (sulfide) groups is 1. The summed E-state index contributed by atoms with van der Waals surface area (Å²) in [6.07, 6.45) is 6.51. The Hall–Kier alpha value is -1.89. The van der Waals surface area contributed by atoms with E-state index in [1.807, 2.05) is 30.3 Å². The number of rotatable bonds is 3. The summed E-state index contributed by atoms with van der Waals surface area (Å²) in [4.78, 5) is 0. The van der Waals surface area contributed by atoms with Gasteiger partial charge in [0.05, 0.1) is 16.6 Å². The summed E-state index contributed by atoms with van der Waals surface area (Å²) in [5.74, 6) is 0. The predicted octanol–water partition coefficient (Wildman–Crippen LogP) is 3.31. The van der Waals surface area contributed by atoms with Gasteiger partial charge in [0, 0.05) is 0 Å². The molecule has 0 spiro atoms. The van der Waals surface area contributed by atoms with Crippen molar-refractivity contribution >= 4 is 17.5 Å². The van der Waals surface area contributed by atoms with Crippen molar-refractivity contribution in [2.24, 2.45) is 5.16 Å². The molecule has 2 aromatic rings. The number of benzene rings is 1. The van der Waals surface area contributed by atoms with E-state index >= 15 is 0 Å². The van der Waals surface area contributed by atoms with Crippen molar-refractivity contribution in [2.75, 3.05) is 0 Å². The van der Waals surface area contributed by atoms with Gasteiger partial charge in [-0.3, -0.25) is 0 Å². The van der Waals surface area contributed by atoms with Gasteiger partial charge in [0.15, 0.2) is 0 Å². The van der Waals surface area contributed by atoms with E-state index in [-0.39, 0.29) is 5.25 Å². The maximum Gasteiger partial charge on any atom is 0.214 e. The van der Waals surface area contributed by atoms with E-state index in [4.69, 9.17) is 0 Å². The van der Waals surface area contributed by atoms with Crippen molar-refractivity contribution < 1.29 is 5.21 Å². The standard InChI is InChI=1S/C15H19N5OS/c21-17-13-10-6-1-2-7-11-14(13)22-15-16-18-19-20(15)12-8-4-3-5-9-12/h3-5,8-9,14,21H,1-2,6-7,10-11H2/b17-13+/t14-/m0/s1. The highest BCUT2D eigenvalue weighted by Gasteiger charge is 2.23. The highest BCUT2D eigenvalue weighted by molar-refractivity contribution is 8.00. The molecule has 1 heterocycles. The Kier molecular flexibility index (Phi) is 5.05. The molecule has 1 N–H and O–H groups in total. The quantitative estimate of drug-likeness (QED) is 0.694. The van der Waals surface area contributed by atoms with Crippen LogP contribution in [0.3, 0.4) is 0 Å². The van der Waals surface area contributed by atoms with E-state index < -0.39 is 0 Å². The first-order chi connectivity index (χ1) is 10.9. The van der Waals surface area contributed by atoms with Gasteiger partial charge in [-0.15, -0.1) is 5.10 Å². The van der Waals surface area contributed by atoms with Crippen LogP contribution in [0.2, 0.25) is 0 Å². The average molecular weight is 317 g/mol. The zero-order valence-electron chi connectivity index (χ0n) is 12.3. The molecule has 0 aliphatic heterocycles. The fourth-order valence-electron chi connectivity index (χ4n) is 2.67. The maximum absolute atomic E-state index is 9.31. The van der Waals surface area contributed by atoms with Crippen molar-refractivity contribution in [1.29, 1.82) is 0 Å². The van der Waals surface area contributed by atoms with Gasteiger partial charge in [-0.2, -0.15) is 4.68 Å². The molecule has 6 nitrogen and oxygen atoms in total. The molecule has 22 heavy (non-hydrogen) atoms. The number of hydrogen-bond donors (Lipinski definition) is 1. The molecule has 1 aliphatic rings. The third kappa shape index (κ3) is 3.47. The van der Waals surface area contributed by atoms with Crippen LogP contribution in [0.1, 0.15) is 38.5 Å². The van der Waals surface area contributed by atoms with Crippen LogP contribution >= 0.6 is 11.8 Å². The second kappa shape index (κ2) is 7.40. The van der Waals surface area contributed by atoms with Crippen LogP contribution < -0.4 is 0 Å². The summed E-state index contributed by atoms with van der Waals surface area (Å²) in [5, 5.41) is 25.7. The van der Waals surface area contributed by atoms with Crippen molar-refractivity contribution in [3.63, 3.8) is 0 Å². The molecular weight excluding hydrogens is 298 g/mol. The molecule has 116 valence electrons. The summed E-state index contributed by atoms with van der Waals surface area (Å²) < 4.78 is 1.73. The van der Waals surface area contributed by atoms with Crippen LogP contribution in [0.15, 0.2) is 40.6 Å². The zero-order valence-corrected chi connectivity index (χ0v) is 13.1. The lowest BCUT2D eigenvalue weighted by molar-refractivity contribution is 0.315. The molecule has 1 saturated carbocycles. The lowest BCUT2D eigenvalue weighted by atomic mass is 9.99. The molecule has 0 bridgehead atoms. The van der Waals surface area contributed by atoms with Gasteiger partial charge in [0.1, 0.15) is 0 Å². The van der Waals surface area contributed by atoms with Gasteiger partial charge in [0.25, 0.3) is 0 Å². The van der Waals surface area contributed by atoms with E-state index in [0.717, 1.165) is 42.2 Å². The zero-order chi connectivity index (χ0) is 15.2. The van der Waals surface area contributed by atoms with Gasteiger partial charge in [-0.25, -0.2) is 0 Å². The summed E-state index contributed by atoms with van der Waals surface area (Å²) in [5.41, 5.74) is 1.79. The Bertz CT molecular complexity index is 628. The average Bonchev–Trinajstić information content (AvgIpc) is 2.99. The second-order valence-corrected chi connectivity index (χ2v) is 6.53. The minimum atomic E-state index is 0.138. The van der Waals surface area contributed by atoms with Crippen LogP contribution in [0.25, 0.3) is 5.69 Å². The molecule has 7 heteroatoms. The van der Waals surface area contributed by atoms with E-state index in [0.29, 0.717) is 0 Å². The SMILES string of the molecule is O/N=C1\CCCCCC[C@@H]1Sc1nnnn1-c1ccccc1. The van der Waals surface area contributed by atoms with Crippen molar-refractivity contribution in [3.05, 3.63) is 30.3 Å². The highest BCUT2D eigenvalue weighted by Crippen LogP contribution is 2.30. The molecule has 1 aromatic heterocycles. The smallest absolute Gasteiger partial charge is 0.214 e. The summed E-state index contributed by atoms with van der Waals surface area (Å²) >= 11 is 1.58. The van der Waals surface area contributed by atoms with Crippen LogP contribution in [0.5, 0.6) is 0 Å². The van der Waals surface area contributed by atoms with Gasteiger partial charge < -0.3 is 5.21 Å². The van der Waals surface area contributed by atoms with E-state index in [1.165, 1.54) is 12.8 Å². The van der Waals surface area contributed by atoms with Crippen LogP contribution in [-0.2, 0) is 0 Å². The van der Waals surface area contributed by atoms with Crippen LogP contribution in [-0.4, -0.2) is 36.4 Å². The Morgan fingerprint density at radius 1 is 1.14 bits per heavy atom. The van der Waals surface area contributed by atoms with Gasteiger partial charge in [0.2, 0.25) is 5.16 Å². The van der Waals surface area contributed by atoms with Crippen molar-refractivity contribution in [3.8, 4) is 5.69 Å². The second-order valence-electron chi connectivity index (χ2n) is 5.36. The Labute approximate surface area is 133 Å². The van der Waals surface area contributed by atoms with E-state index in [1.54, 1.807) is 16.4 Å². The number of para-hydroxylation sites is 1. The molecule has 1 atom stereocenters. The Balaban J connectivity index is 1.81. The van der Waals surface area contributed by atoms with Crippen LogP contribution in [0.4, 0.5) is 0 Å². The van der Waals surface area contributed by atoms with E-state index in [9.17, 15) is 5.21 Å². The molecule has 1 fully saturated rings. The van der Waals surface area contributed by atoms with Gasteiger partial charge >= 0.3 is 0 Å². The van der Waals surface area contributed by atoms with E-state index in [2.05, 4.69) is 20.7 Å². The molecule has 0 saturated heterocycles. The number of oxime groups is 1. The predicted molar refractivity (Wildman–Crippen MR) is 85.7 cm³/mol. The van der Waals surface area contributed by atoms with Crippen LogP contribution in [0, 0.1) is 0 Å². The first-order valence-corrected chi connectivity index (χ1v) is 8.48. The third-order valence-corrected chi connectivity index (χ3v) is 5.10. The molecule has 0 unspecified atom stereocenters. The topological polar surface area (TPSA) is 76.2 Å². The van der Waals surface area contributed by atoms with Crippen molar-refractivity contribution in [2.45, 2.75) is 48.9 Å². The summed E-state index contributed by atoms with van der Waals surface area (Å²) in [7, 11) is 0. The lowest BCUT2D eigenvalue weighted by Gasteiger charge is -2.19. The molecule has 3 rings (SSSR count). The van der Waals surface area contributed by atoms with Gasteiger partial charge in [-0.1, -0.05) is 54.4 Å². The first kappa shape index (κ1) is 15.0. The molecule has 0 radical (unpaired) electrons. The number of hydrogen-bond acceptors (Lipinski definition) is 6. The third-order valence-electron chi connectivity index (χ3n) is 3.84. The Morgan fingerprint density at radius 2 is 1.95 bits per heavy atom. The van der Waals surface area contributed by atoms with Gasteiger partial charge in [-0.05, 0) is 41.8 Å². The number of nitrogens with zero attached hydrogens (tertiary/aromatic N) is 5. The largest absolute Gasteiger partial charge is 0.411 e. The maximum atomic E-state index is 9.31. The molecule has 1 aromatic carbocycles. The highest BCUT2D eigenvalue weighted by atomic mass is 32.2. The number of tetrazole rings is 1. The summed E-state index contributed by atoms with van der Waals surface area (Å²) in [6.45, 7) is 0. The van der Waals surface area contributed by atoms with Crippen molar-refractivity contribution in [1.82, 2.24) is 20.2 Å². The fraction of sp³-hybridized carbons (Fsp3) is 0.467. The first-order valence-electron chi connectivity index (χ1n) is 7.60. The molecule has 1 aliphatic carbocycles. The number of aromatic nitrogens is 4. The minimum Gasteiger partial charge on any atom is -0.411 e. The minimum absolute atomic E-state index is 0.138. The fourth-order valence-corrected chi connectivity index (χ4v) is 3.83. The molecule has 0 amide bonds.